The Hall–Kier alpha value is -1.19. The molecule has 1 aliphatic rings. The summed E-state index contributed by atoms with van der Waals surface area (Å²) in [6, 6.07) is 0.694. The Morgan fingerprint density at radius 1 is 1.44 bits per heavy atom. The van der Waals surface area contributed by atoms with Gasteiger partial charge in [0.15, 0.2) is 5.82 Å². The van der Waals surface area contributed by atoms with Crippen molar-refractivity contribution in [2.75, 3.05) is 17.2 Å². The van der Waals surface area contributed by atoms with E-state index in [0.717, 1.165) is 36.7 Å². The first-order valence-electron chi connectivity index (χ1n) is 6.28. The van der Waals surface area contributed by atoms with Gasteiger partial charge < -0.3 is 10.6 Å². The smallest absolute Gasteiger partial charge is 0.150 e. The summed E-state index contributed by atoms with van der Waals surface area (Å²) in [5, 5.41) is 4.53. The highest BCUT2D eigenvalue weighted by molar-refractivity contribution is 5.67. The quantitative estimate of drug-likeness (QED) is 0.830. The molecule has 1 saturated carbocycles. The number of hydrogen-bond donors (Lipinski definition) is 1. The molecule has 1 fully saturated rings. The van der Waals surface area contributed by atoms with Gasteiger partial charge in [0.25, 0.3) is 0 Å². The van der Waals surface area contributed by atoms with Crippen LogP contribution in [0.1, 0.15) is 38.8 Å². The van der Waals surface area contributed by atoms with Gasteiger partial charge in [0.1, 0.15) is 0 Å². The van der Waals surface area contributed by atoms with Crippen LogP contribution in [-0.4, -0.2) is 22.4 Å². The van der Waals surface area contributed by atoms with E-state index in [1.165, 1.54) is 12.8 Å². The molecular formula is C12H22N4. The number of anilines is 2. The molecule has 0 aromatic carbocycles. The number of hydrogen-bond acceptors (Lipinski definition) is 3. The van der Waals surface area contributed by atoms with Gasteiger partial charge in [-0.2, -0.15) is 5.10 Å². The molecule has 2 N–H and O–H groups in total. The molecule has 1 aromatic heterocycles. The molecule has 0 unspecified atom stereocenters. The molecule has 0 amide bonds. The van der Waals surface area contributed by atoms with Crippen LogP contribution < -0.4 is 10.6 Å². The van der Waals surface area contributed by atoms with Gasteiger partial charge in [-0.05, 0) is 33.1 Å². The van der Waals surface area contributed by atoms with Gasteiger partial charge in [-0.15, -0.1) is 0 Å². The average molecular weight is 222 g/mol. The van der Waals surface area contributed by atoms with Crippen molar-refractivity contribution in [2.45, 2.75) is 52.6 Å². The minimum atomic E-state index is 0.694. The van der Waals surface area contributed by atoms with E-state index in [0.29, 0.717) is 6.04 Å². The summed E-state index contributed by atoms with van der Waals surface area (Å²) in [6.07, 6.45) is 3.68. The van der Waals surface area contributed by atoms with E-state index in [4.69, 9.17) is 5.73 Å². The molecule has 1 aromatic rings. The molecule has 0 spiro atoms. The predicted molar refractivity (Wildman–Crippen MR) is 67.7 cm³/mol. The highest BCUT2D eigenvalue weighted by atomic mass is 15.4. The molecule has 0 saturated heterocycles. The molecule has 4 nitrogen and oxygen atoms in total. The molecule has 0 atom stereocenters. The fraction of sp³-hybridized carbons (Fsp3) is 0.750. The molecular weight excluding hydrogens is 200 g/mol. The lowest BCUT2D eigenvalue weighted by molar-refractivity contribution is 0.585. The zero-order valence-corrected chi connectivity index (χ0v) is 10.5. The highest BCUT2D eigenvalue weighted by Gasteiger charge is 2.31. The maximum absolute atomic E-state index is 6.15. The number of nitrogens with zero attached hydrogens (tertiary/aromatic N) is 3. The van der Waals surface area contributed by atoms with Crippen LogP contribution in [0.3, 0.4) is 0 Å². The van der Waals surface area contributed by atoms with E-state index in [-0.39, 0.29) is 0 Å². The van der Waals surface area contributed by atoms with Crippen LogP contribution >= 0.6 is 0 Å². The maximum atomic E-state index is 6.15. The van der Waals surface area contributed by atoms with E-state index in [1.807, 2.05) is 6.92 Å². The zero-order valence-electron chi connectivity index (χ0n) is 10.5. The van der Waals surface area contributed by atoms with Crippen LogP contribution in [0.2, 0.25) is 0 Å². The Labute approximate surface area is 97.4 Å². The van der Waals surface area contributed by atoms with Gasteiger partial charge >= 0.3 is 0 Å². The standard InChI is InChI=1S/C12H22N4/c1-4-8-16-12(11(13)9(3)14-16)15(5-2)10-6-7-10/h10H,4-8,13H2,1-3H3. The lowest BCUT2D eigenvalue weighted by Gasteiger charge is -2.24. The summed E-state index contributed by atoms with van der Waals surface area (Å²) in [4.78, 5) is 2.41. The summed E-state index contributed by atoms with van der Waals surface area (Å²) in [5.74, 6) is 1.14. The van der Waals surface area contributed by atoms with Gasteiger partial charge in [-0.1, -0.05) is 6.92 Å². The average Bonchev–Trinajstić information content (AvgIpc) is 3.04. The summed E-state index contributed by atoms with van der Waals surface area (Å²) in [5.41, 5.74) is 7.97. The van der Waals surface area contributed by atoms with E-state index >= 15 is 0 Å². The second-order valence-corrected chi connectivity index (χ2v) is 4.56. The fourth-order valence-electron chi connectivity index (χ4n) is 2.22. The van der Waals surface area contributed by atoms with E-state index in [9.17, 15) is 0 Å². The Morgan fingerprint density at radius 2 is 2.12 bits per heavy atom. The first-order valence-corrected chi connectivity index (χ1v) is 6.28. The van der Waals surface area contributed by atoms with Crippen molar-refractivity contribution in [1.82, 2.24) is 9.78 Å². The third-order valence-corrected chi connectivity index (χ3v) is 3.18. The number of aromatic nitrogens is 2. The van der Waals surface area contributed by atoms with Gasteiger partial charge in [0.05, 0.1) is 11.4 Å². The fourth-order valence-corrected chi connectivity index (χ4v) is 2.22. The Bertz CT molecular complexity index is 365. The summed E-state index contributed by atoms with van der Waals surface area (Å²) in [7, 11) is 0. The molecule has 16 heavy (non-hydrogen) atoms. The third-order valence-electron chi connectivity index (χ3n) is 3.18. The van der Waals surface area contributed by atoms with Gasteiger partial charge in [-0.25, -0.2) is 4.68 Å². The molecule has 90 valence electrons. The van der Waals surface area contributed by atoms with Crippen molar-refractivity contribution >= 4 is 11.5 Å². The van der Waals surface area contributed by atoms with Crippen molar-refractivity contribution in [2.24, 2.45) is 0 Å². The van der Waals surface area contributed by atoms with Crippen molar-refractivity contribution < 1.29 is 0 Å². The van der Waals surface area contributed by atoms with Crippen LogP contribution in [-0.2, 0) is 6.54 Å². The predicted octanol–water partition coefficient (Wildman–Crippen LogP) is 2.17. The van der Waals surface area contributed by atoms with Gasteiger partial charge in [0, 0.05) is 19.1 Å². The minimum Gasteiger partial charge on any atom is -0.394 e. The maximum Gasteiger partial charge on any atom is 0.150 e. The van der Waals surface area contributed by atoms with Crippen LogP contribution in [0.25, 0.3) is 0 Å². The second kappa shape index (κ2) is 4.36. The summed E-state index contributed by atoms with van der Waals surface area (Å²) < 4.78 is 2.08. The molecule has 4 heteroatoms. The first kappa shape index (κ1) is 11.3. The first-order chi connectivity index (χ1) is 7.69. The lowest BCUT2D eigenvalue weighted by Crippen LogP contribution is -2.28. The highest BCUT2D eigenvalue weighted by Crippen LogP contribution is 2.35. The van der Waals surface area contributed by atoms with Gasteiger partial charge in [0.2, 0.25) is 0 Å². The topological polar surface area (TPSA) is 47.1 Å². The molecule has 2 rings (SSSR count). The Kier molecular flexibility index (Phi) is 3.08. The number of aryl methyl sites for hydroxylation is 2. The van der Waals surface area contributed by atoms with Crippen molar-refractivity contribution in [1.29, 1.82) is 0 Å². The molecule has 0 bridgehead atoms. The van der Waals surface area contributed by atoms with E-state index in [2.05, 4.69) is 28.5 Å². The minimum absolute atomic E-state index is 0.694. The van der Waals surface area contributed by atoms with Crippen molar-refractivity contribution in [3.63, 3.8) is 0 Å². The number of nitrogens with two attached hydrogens (primary N) is 1. The summed E-state index contributed by atoms with van der Waals surface area (Å²) >= 11 is 0. The Balaban J connectivity index is 2.35. The summed E-state index contributed by atoms with van der Waals surface area (Å²) in [6.45, 7) is 8.33. The molecule has 0 radical (unpaired) electrons. The van der Waals surface area contributed by atoms with Crippen molar-refractivity contribution in [3.8, 4) is 0 Å². The monoisotopic (exact) mass is 222 g/mol. The second-order valence-electron chi connectivity index (χ2n) is 4.56. The van der Waals surface area contributed by atoms with Crippen LogP contribution in [0.15, 0.2) is 0 Å². The molecule has 1 heterocycles. The SMILES string of the molecule is CCCn1nc(C)c(N)c1N(CC)C1CC1. The molecule has 0 aliphatic heterocycles. The largest absolute Gasteiger partial charge is 0.394 e. The van der Waals surface area contributed by atoms with Crippen LogP contribution in [0, 0.1) is 6.92 Å². The number of rotatable bonds is 5. The Morgan fingerprint density at radius 3 is 2.62 bits per heavy atom. The van der Waals surface area contributed by atoms with Crippen LogP contribution in [0.5, 0.6) is 0 Å². The van der Waals surface area contributed by atoms with Crippen molar-refractivity contribution in [3.05, 3.63) is 5.69 Å². The molecule has 1 aliphatic carbocycles. The third kappa shape index (κ3) is 1.88. The van der Waals surface area contributed by atoms with Gasteiger partial charge in [-0.3, -0.25) is 0 Å². The lowest BCUT2D eigenvalue weighted by atomic mass is 10.3. The van der Waals surface area contributed by atoms with Crippen LogP contribution in [0.4, 0.5) is 11.5 Å². The normalized spacial score (nSPS) is 15.4. The zero-order chi connectivity index (χ0) is 11.7. The van der Waals surface area contributed by atoms with E-state index in [1.54, 1.807) is 0 Å². The van der Waals surface area contributed by atoms with E-state index < -0.39 is 0 Å². The number of nitrogen functional groups attached to an aromatic ring is 1.